The van der Waals surface area contributed by atoms with Gasteiger partial charge in [0, 0.05) is 32.0 Å². The van der Waals surface area contributed by atoms with Crippen LogP contribution in [0.25, 0.3) is 0 Å². The van der Waals surface area contributed by atoms with Crippen molar-refractivity contribution in [3.63, 3.8) is 0 Å². The van der Waals surface area contributed by atoms with Crippen LogP contribution in [0.4, 0.5) is 0 Å². The van der Waals surface area contributed by atoms with Crippen molar-refractivity contribution >= 4 is 5.78 Å². The highest BCUT2D eigenvalue weighted by atomic mass is 16.1. The molecule has 0 aromatic heterocycles. The van der Waals surface area contributed by atoms with Gasteiger partial charge < -0.3 is 4.90 Å². The molecule has 0 amide bonds. The lowest BCUT2D eigenvalue weighted by Gasteiger charge is -2.20. The molecule has 2 rings (SSSR count). The van der Waals surface area contributed by atoms with Crippen LogP contribution in [0.1, 0.15) is 34.1 Å². The van der Waals surface area contributed by atoms with E-state index in [-0.39, 0.29) is 5.92 Å². The number of hydrogen-bond acceptors (Lipinski definition) is 2. The first-order chi connectivity index (χ1) is 7.50. The van der Waals surface area contributed by atoms with Gasteiger partial charge in [0.25, 0.3) is 0 Å². The molecule has 2 unspecified atom stereocenters. The third-order valence-electron chi connectivity index (χ3n) is 4.42. The number of carbonyl (C=O) groups is 1. The lowest BCUT2D eigenvalue weighted by molar-refractivity contribution is -0.122. The van der Waals surface area contributed by atoms with E-state index >= 15 is 0 Å². The summed E-state index contributed by atoms with van der Waals surface area (Å²) in [6, 6.07) is 0. The minimum atomic E-state index is 0.209. The molecule has 1 aliphatic heterocycles. The van der Waals surface area contributed by atoms with E-state index in [9.17, 15) is 4.79 Å². The van der Waals surface area contributed by atoms with Crippen molar-refractivity contribution in [3.05, 3.63) is 0 Å². The fourth-order valence-corrected chi connectivity index (χ4v) is 3.39. The minimum absolute atomic E-state index is 0.209. The fraction of sp³-hybridized carbons (Fsp3) is 0.929. The van der Waals surface area contributed by atoms with Crippen molar-refractivity contribution < 1.29 is 4.79 Å². The number of Topliss-reactive ketones (excluding diaryl/α,β-unsaturated/α-hetero) is 1. The van der Waals surface area contributed by atoms with Crippen LogP contribution < -0.4 is 0 Å². The number of ketones is 1. The predicted octanol–water partition coefficient (Wildman–Crippen LogP) is 2.44. The normalized spacial score (nSPS) is 33.5. The molecule has 0 aromatic rings. The zero-order chi connectivity index (χ0) is 11.9. The number of carbonyl (C=O) groups excluding carboxylic acids is 1. The smallest absolute Gasteiger partial charge is 0.136 e. The van der Waals surface area contributed by atoms with Crippen LogP contribution in [0.3, 0.4) is 0 Å². The van der Waals surface area contributed by atoms with E-state index < -0.39 is 0 Å². The topological polar surface area (TPSA) is 20.3 Å². The highest BCUT2D eigenvalue weighted by Crippen LogP contribution is 2.55. The molecular formula is C14H25NO. The third kappa shape index (κ3) is 2.32. The zero-order valence-electron chi connectivity index (χ0n) is 11.1. The van der Waals surface area contributed by atoms with E-state index in [1.807, 2.05) is 13.8 Å². The van der Waals surface area contributed by atoms with Crippen LogP contribution in [0.2, 0.25) is 0 Å². The second-order valence-corrected chi connectivity index (χ2v) is 6.28. The Balaban J connectivity index is 1.68. The Labute approximate surface area is 99.4 Å². The van der Waals surface area contributed by atoms with Crippen molar-refractivity contribution in [1.29, 1.82) is 0 Å². The molecule has 0 bridgehead atoms. The van der Waals surface area contributed by atoms with Gasteiger partial charge in [0.2, 0.25) is 0 Å². The molecule has 16 heavy (non-hydrogen) atoms. The number of hydrogen-bond donors (Lipinski definition) is 0. The standard InChI is InChI=1S/C14H25NO/c1-9(2)13(16)5-6-15-7-11-12(8-15)14(11)10(3)4/h9-12,14H,5-8H2,1-4H3. The first-order valence-electron chi connectivity index (χ1n) is 6.75. The van der Waals surface area contributed by atoms with Gasteiger partial charge in [-0.3, -0.25) is 4.79 Å². The molecule has 0 aromatic carbocycles. The van der Waals surface area contributed by atoms with Crippen LogP contribution in [-0.4, -0.2) is 30.3 Å². The van der Waals surface area contributed by atoms with E-state index in [1.165, 1.54) is 13.1 Å². The molecule has 0 spiro atoms. The maximum absolute atomic E-state index is 11.5. The van der Waals surface area contributed by atoms with E-state index in [2.05, 4.69) is 18.7 Å². The lowest BCUT2D eigenvalue weighted by atomic mass is 10.0. The molecule has 0 N–H and O–H groups in total. The Morgan fingerprint density at radius 2 is 1.75 bits per heavy atom. The average Bonchev–Trinajstić information content (AvgIpc) is 2.73. The number of nitrogens with zero attached hydrogens (tertiary/aromatic N) is 1. The van der Waals surface area contributed by atoms with E-state index in [4.69, 9.17) is 0 Å². The summed E-state index contributed by atoms with van der Waals surface area (Å²) in [4.78, 5) is 14.0. The largest absolute Gasteiger partial charge is 0.302 e. The van der Waals surface area contributed by atoms with Gasteiger partial charge in [-0.15, -0.1) is 0 Å². The summed E-state index contributed by atoms with van der Waals surface area (Å²) < 4.78 is 0. The Hall–Kier alpha value is -0.370. The molecule has 0 radical (unpaired) electrons. The van der Waals surface area contributed by atoms with Gasteiger partial charge in [-0.25, -0.2) is 0 Å². The Kier molecular flexibility index (Phi) is 3.39. The molecule has 1 heterocycles. The van der Waals surface area contributed by atoms with Crippen molar-refractivity contribution in [1.82, 2.24) is 4.90 Å². The highest BCUT2D eigenvalue weighted by molar-refractivity contribution is 5.80. The molecule has 2 aliphatic rings. The monoisotopic (exact) mass is 223 g/mol. The second-order valence-electron chi connectivity index (χ2n) is 6.28. The molecule has 2 heteroatoms. The number of rotatable bonds is 5. The van der Waals surface area contributed by atoms with Crippen molar-refractivity contribution in [3.8, 4) is 0 Å². The van der Waals surface area contributed by atoms with Crippen LogP contribution in [0.5, 0.6) is 0 Å². The van der Waals surface area contributed by atoms with E-state index in [0.717, 1.165) is 36.6 Å². The molecule has 92 valence electrons. The quantitative estimate of drug-likeness (QED) is 0.713. The average molecular weight is 223 g/mol. The lowest BCUT2D eigenvalue weighted by Crippen LogP contribution is -2.28. The molecule has 2 atom stereocenters. The summed E-state index contributed by atoms with van der Waals surface area (Å²) in [5.74, 6) is 4.37. The van der Waals surface area contributed by atoms with Gasteiger partial charge in [0.15, 0.2) is 0 Å². The molecule has 1 saturated carbocycles. The first-order valence-corrected chi connectivity index (χ1v) is 6.75. The van der Waals surface area contributed by atoms with E-state index in [1.54, 1.807) is 0 Å². The van der Waals surface area contributed by atoms with Gasteiger partial charge in [-0.05, 0) is 23.7 Å². The number of likely N-dealkylation sites (tertiary alicyclic amines) is 1. The van der Waals surface area contributed by atoms with Crippen LogP contribution in [-0.2, 0) is 4.79 Å². The van der Waals surface area contributed by atoms with E-state index in [0.29, 0.717) is 5.78 Å². The summed E-state index contributed by atoms with van der Waals surface area (Å²) in [5.41, 5.74) is 0. The van der Waals surface area contributed by atoms with Crippen molar-refractivity contribution in [2.75, 3.05) is 19.6 Å². The maximum Gasteiger partial charge on any atom is 0.136 e. The molecule has 2 nitrogen and oxygen atoms in total. The van der Waals surface area contributed by atoms with Crippen molar-refractivity contribution in [2.24, 2.45) is 29.6 Å². The molecule has 1 aliphatic carbocycles. The summed E-state index contributed by atoms with van der Waals surface area (Å²) in [5, 5.41) is 0. The Morgan fingerprint density at radius 3 is 2.19 bits per heavy atom. The fourth-order valence-electron chi connectivity index (χ4n) is 3.39. The third-order valence-corrected chi connectivity index (χ3v) is 4.42. The van der Waals surface area contributed by atoms with Gasteiger partial charge in [-0.1, -0.05) is 27.7 Å². The summed E-state index contributed by atoms with van der Waals surface area (Å²) in [6.45, 7) is 12.2. The second kappa shape index (κ2) is 4.48. The van der Waals surface area contributed by atoms with Gasteiger partial charge in [-0.2, -0.15) is 0 Å². The Bertz CT molecular complexity index is 260. The predicted molar refractivity (Wildman–Crippen MR) is 66.2 cm³/mol. The Morgan fingerprint density at radius 1 is 1.19 bits per heavy atom. The molecule has 2 fully saturated rings. The molecular weight excluding hydrogens is 198 g/mol. The van der Waals surface area contributed by atoms with Crippen LogP contribution >= 0.6 is 0 Å². The van der Waals surface area contributed by atoms with Crippen LogP contribution in [0, 0.1) is 29.6 Å². The van der Waals surface area contributed by atoms with Gasteiger partial charge >= 0.3 is 0 Å². The number of piperidine rings is 1. The maximum atomic E-state index is 11.5. The first kappa shape index (κ1) is 12.1. The molecule has 1 saturated heterocycles. The van der Waals surface area contributed by atoms with Gasteiger partial charge in [0.1, 0.15) is 5.78 Å². The minimum Gasteiger partial charge on any atom is -0.302 e. The highest BCUT2D eigenvalue weighted by Gasteiger charge is 2.56. The summed E-state index contributed by atoms with van der Waals surface area (Å²) in [6.07, 6.45) is 0.753. The van der Waals surface area contributed by atoms with Crippen molar-refractivity contribution in [2.45, 2.75) is 34.1 Å². The summed E-state index contributed by atoms with van der Waals surface area (Å²) >= 11 is 0. The SMILES string of the molecule is CC(C)C(=O)CCN1CC2C(C1)C2C(C)C. The number of fused-ring (bicyclic) bond motifs is 1. The zero-order valence-corrected chi connectivity index (χ0v) is 11.1. The van der Waals surface area contributed by atoms with Crippen LogP contribution in [0.15, 0.2) is 0 Å². The summed E-state index contributed by atoms with van der Waals surface area (Å²) in [7, 11) is 0. The van der Waals surface area contributed by atoms with Gasteiger partial charge in [0.05, 0.1) is 0 Å².